The van der Waals surface area contributed by atoms with Gasteiger partial charge < -0.3 is 9.31 Å². The van der Waals surface area contributed by atoms with Crippen LogP contribution < -0.4 is 0 Å². The first-order valence-electron chi connectivity index (χ1n) is 8.55. The van der Waals surface area contributed by atoms with E-state index in [1.54, 1.807) is 12.4 Å². The molecule has 0 radical (unpaired) electrons. The van der Waals surface area contributed by atoms with E-state index < -0.39 is 18.3 Å². The molecule has 0 aromatic carbocycles. The Kier molecular flexibility index (Phi) is 5.10. The zero-order chi connectivity index (χ0) is 17.4. The number of thioether (sulfide) groups is 1. The average molecular weight is 349 g/mol. The van der Waals surface area contributed by atoms with E-state index in [4.69, 9.17) is 9.31 Å². The van der Waals surface area contributed by atoms with Crippen molar-refractivity contribution in [2.75, 3.05) is 11.5 Å². The highest BCUT2D eigenvalue weighted by atomic mass is 32.2. The van der Waals surface area contributed by atoms with E-state index in [9.17, 15) is 0 Å². The number of pyridine rings is 1. The third-order valence-electron chi connectivity index (χ3n) is 5.32. The number of hydrogen-bond acceptors (Lipinski definition) is 4. The maximum Gasteiger partial charge on any atom is 0.525 e. The Bertz CT molecular complexity index is 599. The summed E-state index contributed by atoms with van der Waals surface area (Å²) in [4.78, 5) is 4.18. The predicted octanol–water partition coefficient (Wildman–Crippen LogP) is 4.54. The fraction of sp³-hybridized carbons (Fsp3) is 0.611. The largest absolute Gasteiger partial charge is 0.525 e. The molecule has 3 nitrogen and oxygen atoms in total. The maximum absolute atomic E-state index is 15.5. The first kappa shape index (κ1) is 18.0. The van der Waals surface area contributed by atoms with Gasteiger partial charge in [0.25, 0.3) is 0 Å². The van der Waals surface area contributed by atoms with Crippen LogP contribution in [0.2, 0.25) is 0 Å². The SMILES string of the molecule is CC1(C)OB(C(F)=C(c2cccnc2)C2CCSCC2)OC1(C)C. The Morgan fingerprint density at radius 3 is 2.38 bits per heavy atom. The van der Waals surface area contributed by atoms with Gasteiger partial charge in [0.2, 0.25) is 0 Å². The molecule has 2 aliphatic rings. The number of rotatable bonds is 3. The Labute approximate surface area is 148 Å². The fourth-order valence-corrected chi connectivity index (χ4v) is 4.26. The van der Waals surface area contributed by atoms with Crippen LogP contribution in [-0.2, 0) is 9.31 Å². The van der Waals surface area contributed by atoms with Crippen molar-refractivity contribution in [3.8, 4) is 0 Å². The standard InChI is InChI=1S/C18H25BFNO2S/c1-17(2)18(3,4)23-19(22-17)16(20)15(13-7-10-24-11-8-13)14-6-5-9-21-12-14/h5-6,9,12-13H,7-8,10-11H2,1-4H3. The molecule has 0 saturated carbocycles. The van der Waals surface area contributed by atoms with E-state index in [1.807, 2.05) is 51.6 Å². The number of halogens is 1. The summed E-state index contributed by atoms with van der Waals surface area (Å²) in [5, 5.41) is 0. The Morgan fingerprint density at radius 2 is 1.83 bits per heavy atom. The molecule has 1 aromatic heterocycles. The van der Waals surface area contributed by atoms with Crippen LogP contribution in [0.1, 0.15) is 46.1 Å². The minimum absolute atomic E-state index is 0.189. The van der Waals surface area contributed by atoms with Crippen LogP contribution in [0.15, 0.2) is 30.3 Å². The molecule has 2 aliphatic heterocycles. The van der Waals surface area contributed by atoms with Crippen molar-refractivity contribution in [2.24, 2.45) is 5.92 Å². The molecule has 3 heterocycles. The van der Waals surface area contributed by atoms with Crippen LogP contribution in [0.25, 0.3) is 5.57 Å². The molecule has 6 heteroatoms. The molecule has 130 valence electrons. The summed E-state index contributed by atoms with van der Waals surface area (Å²) in [6.45, 7) is 7.78. The van der Waals surface area contributed by atoms with Crippen LogP contribution in [0.5, 0.6) is 0 Å². The van der Waals surface area contributed by atoms with Gasteiger partial charge in [-0.1, -0.05) is 6.07 Å². The summed E-state index contributed by atoms with van der Waals surface area (Å²) >= 11 is 1.93. The summed E-state index contributed by atoms with van der Waals surface area (Å²) in [7, 11) is -0.945. The molecule has 1 aromatic rings. The minimum Gasteiger partial charge on any atom is -0.398 e. The number of nitrogens with zero attached hydrogens (tertiary/aromatic N) is 1. The molecule has 0 aliphatic carbocycles. The van der Waals surface area contributed by atoms with Crippen molar-refractivity contribution in [3.63, 3.8) is 0 Å². The maximum atomic E-state index is 15.5. The van der Waals surface area contributed by atoms with Crippen molar-refractivity contribution in [1.82, 2.24) is 4.98 Å². The van der Waals surface area contributed by atoms with Gasteiger partial charge >= 0.3 is 7.12 Å². The lowest BCUT2D eigenvalue weighted by molar-refractivity contribution is 0.00578. The lowest BCUT2D eigenvalue weighted by atomic mass is 9.77. The highest BCUT2D eigenvalue weighted by molar-refractivity contribution is 7.99. The van der Waals surface area contributed by atoms with Gasteiger partial charge in [0.1, 0.15) is 5.73 Å². The molecule has 0 amide bonds. The van der Waals surface area contributed by atoms with Crippen molar-refractivity contribution in [3.05, 3.63) is 35.8 Å². The normalized spacial score (nSPS) is 24.8. The average Bonchev–Trinajstić information content (AvgIpc) is 2.78. The quantitative estimate of drug-likeness (QED) is 0.750. The highest BCUT2D eigenvalue weighted by Gasteiger charge is 2.53. The van der Waals surface area contributed by atoms with Crippen molar-refractivity contribution in [1.29, 1.82) is 0 Å². The Balaban J connectivity index is 1.99. The molecule has 0 unspecified atom stereocenters. The number of allylic oxidation sites excluding steroid dienone is 1. The fourth-order valence-electron chi connectivity index (χ4n) is 3.15. The van der Waals surface area contributed by atoms with Crippen LogP contribution >= 0.6 is 11.8 Å². The first-order chi connectivity index (χ1) is 11.3. The second-order valence-corrected chi connectivity index (χ2v) is 8.70. The summed E-state index contributed by atoms with van der Waals surface area (Å²) in [5.74, 6) is 2.31. The summed E-state index contributed by atoms with van der Waals surface area (Å²) in [6.07, 6.45) is 5.40. The highest BCUT2D eigenvalue weighted by Crippen LogP contribution is 2.43. The molecule has 0 N–H and O–H groups in total. The zero-order valence-corrected chi connectivity index (χ0v) is 15.7. The molecule has 0 atom stereocenters. The summed E-state index contributed by atoms with van der Waals surface area (Å²) in [6, 6.07) is 3.78. The van der Waals surface area contributed by atoms with Gasteiger partial charge in [0.05, 0.1) is 11.2 Å². The molecule has 0 spiro atoms. The van der Waals surface area contributed by atoms with E-state index in [-0.39, 0.29) is 11.6 Å². The van der Waals surface area contributed by atoms with Crippen molar-refractivity contribution < 1.29 is 13.7 Å². The van der Waals surface area contributed by atoms with E-state index in [0.717, 1.165) is 29.9 Å². The Hall–Kier alpha value is -0.845. The van der Waals surface area contributed by atoms with Gasteiger partial charge in [-0.15, -0.1) is 0 Å². The van der Waals surface area contributed by atoms with Gasteiger partial charge in [0.15, 0.2) is 0 Å². The van der Waals surface area contributed by atoms with Crippen LogP contribution in [0.4, 0.5) is 4.39 Å². The second-order valence-electron chi connectivity index (χ2n) is 7.48. The lowest BCUT2D eigenvalue weighted by Crippen LogP contribution is -2.41. The first-order valence-corrected chi connectivity index (χ1v) is 9.70. The summed E-state index contributed by atoms with van der Waals surface area (Å²) in [5.41, 5.74) is 0.164. The van der Waals surface area contributed by atoms with Crippen molar-refractivity contribution in [2.45, 2.75) is 51.7 Å². The number of hydrogen-bond donors (Lipinski definition) is 0. The van der Waals surface area contributed by atoms with E-state index in [0.29, 0.717) is 5.57 Å². The van der Waals surface area contributed by atoms with Crippen LogP contribution in [0, 0.1) is 5.92 Å². The van der Waals surface area contributed by atoms with E-state index in [2.05, 4.69) is 4.98 Å². The van der Waals surface area contributed by atoms with Gasteiger partial charge in [-0.25, -0.2) is 4.39 Å². The minimum atomic E-state index is -0.945. The molecule has 2 fully saturated rings. The van der Waals surface area contributed by atoms with Gasteiger partial charge in [-0.3, -0.25) is 4.98 Å². The Morgan fingerprint density at radius 1 is 1.21 bits per heavy atom. The molecule has 3 rings (SSSR count). The smallest absolute Gasteiger partial charge is 0.398 e. The van der Waals surface area contributed by atoms with E-state index in [1.165, 1.54) is 0 Å². The van der Waals surface area contributed by atoms with Gasteiger partial charge in [0, 0.05) is 12.4 Å². The van der Waals surface area contributed by atoms with Gasteiger partial charge in [-0.2, -0.15) is 11.8 Å². The third-order valence-corrected chi connectivity index (χ3v) is 6.37. The molecule has 2 saturated heterocycles. The third kappa shape index (κ3) is 3.42. The van der Waals surface area contributed by atoms with Gasteiger partial charge in [-0.05, 0) is 75.2 Å². The summed E-state index contributed by atoms with van der Waals surface area (Å²) < 4.78 is 27.4. The molecular formula is C18H25BFNO2S. The topological polar surface area (TPSA) is 31.4 Å². The molecule has 24 heavy (non-hydrogen) atoms. The van der Waals surface area contributed by atoms with Crippen LogP contribution in [0.3, 0.4) is 0 Å². The lowest BCUT2D eigenvalue weighted by Gasteiger charge is -2.32. The zero-order valence-electron chi connectivity index (χ0n) is 14.8. The second kappa shape index (κ2) is 6.81. The van der Waals surface area contributed by atoms with Crippen molar-refractivity contribution >= 4 is 24.5 Å². The van der Waals surface area contributed by atoms with E-state index >= 15 is 4.39 Å². The monoisotopic (exact) mass is 349 g/mol. The van der Waals surface area contributed by atoms with Crippen LogP contribution in [-0.4, -0.2) is 34.8 Å². The predicted molar refractivity (Wildman–Crippen MR) is 98.4 cm³/mol. The number of aromatic nitrogens is 1. The molecule has 0 bridgehead atoms. The molecular weight excluding hydrogens is 324 g/mol.